The Bertz CT molecular complexity index is 407. The van der Waals surface area contributed by atoms with E-state index in [1.165, 1.54) is 7.11 Å². The summed E-state index contributed by atoms with van der Waals surface area (Å²) in [5.41, 5.74) is 0.833. The van der Waals surface area contributed by atoms with Gasteiger partial charge in [0.25, 0.3) is 0 Å². The lowest BCUT2D eigenvalue weighted by atomic mass is 10.1. The Kier molecular flexibility index (Phi) is 4.93. The molecule has 1 aromatic rings. The average molecular weight is 263 g/mol. The topological polar surface area (TPSA) is 38.8 Å². The number of benzene rings is 1. The molecule has 1 aromatic carbocycles. The molecule has 1 heterocycles. The van der Waals surface area contributed by atoms with Crippen LogP contribution in [0.15, 0.2) is 30.3 Å². The lowest BCUT2D eigenvalue weighted by molar-refractivity contribution is -0.163. The zero-order valence-electron chi connectivity index (χ0n) is 11.5. The van der Waals surface area contributed by atoms with Gasteiger partial charge in [-0.2, -0.15) is 0 Å². The molecule has 1 fully saturated rings. The Labute approximate surface area is 114 Å². The van der Waals surface area contributed by atoms with Crippen molar-refractivity contribution in [1.82, 2.24) is 4.90 Å². The summed E-state index contributed by atoms with van der Waals surface area (Å²) < 4.78 is 10.8. The highest BCUT2D eigenvalue weighted by Crippen LogP contribution is 2.20. The van der Waals surface area contributed by atoms with Gasteiger partial charge in [-0.3, -0.25) is 0 Å². The van der Waals surface area contributed by atoms with Crippen molar-refractivity contribution in [3.63, 3.8) is 0 Å². The van der Waals surface area contributed by atoms with Crippen LogP contribution in [-0.4, -0.2) is 44.2 Å². The number of nitrogens with zero attached hydrogens (tertiary/aromatic N) is 1. The molecule has 0 bridgehead atoms. The Morgan fingerprint density at radius 2 is 2.11 bits per heavy atom. The van der Waals surface area contributed by atoms with Gasteiger partial charge in [0.15, 0.2) is 6.10 Å². The molecule has 1 saturated heterocycles. The van der Waals surface area contributed by atoms with E-state index in [9.17, 15) is 4.79 Å². The first-order valence-corrected chi connectivity index (χ1v) is 6.67. The zero-order chi connectivity index (χ0) is 13.7. The fourth-order valence-corrected chi connectivity index (χ4v) is 2.44. The molecule has 19 heavy (non-hydrogen) atoms. The number of ether oxygens (including phenoxy) is 2. The summed E-state index contributed by atoms with van der Waals surface area (Å²) in [6, 6.07) is 9.45. The van der Waals surface area contributed by atoms with Crippen LogP contribution in [0.25, 0.3) is 0 Å². The molecule has 1 aliphatic heterocycles. The first kappa shape index (κ1) is 14.0. The molecular weight excluding hydrogens is 242 g/mol. The van der Waals surface area contributed by atoms with Crippen LogP contribution >= 0.6 is 0 Å². The molecule has 1 unspecified atom stereocenters. The van der Waals surface area contributed by atoms with E-state index in [1.54, 1.807) is 0 Å². The second kappa shape index (κ2) is 6.68. The molecule has 0 N–H and O–H groups in total. The number of likely N-dealkylation sites (tertiary alicyclic amines) is 1. The summed E-state index contributed by atoms with van der Waals surface area (Å²) in [6.07, 6.45) is 1.35. The standard InChI is InChI=1S/C15H21NO3/c1-16-10-6-9-13(11-16)19-15(17)14(18-2)12-7-4-3-5-8-12/h3-5,7-8,13-14H,6,9-11H2,1-2H3/t13-,14?/m1/s1. The minimum atomic E-state index is -0.631. The normalized spacial score (nSPS) is 21.9. The summed E-state index contributed by atoms with van der Waals surface area (Å²) in [5, 5.41) is 0. The van der Waals surface area contributed by atoms with E-state index in [-0.39, 0.29) is 12.1 Å². The van der Waals surface area contributed by atoms with Crippen molar-refractivity contribution in [2.75, 3.05) is 27.2 Å². The summed E-state index contributed by atoms with van der Waals surface area (Å²) >= 11 is 0. The number of carbonyl (C=O) groups is 1. The summed E-state index contributed by atoms with van der Waals surface area (Å²) in [5.74, 6) is -0.297. The highest BCUT2D eigenvalue weighted by Gasteiger charge is 2.27. The average Bonchev–Trinajstić information content (AvgIpc) is 2.41. The van der Waals surface area contributed by atoms with Crippen molar-refractivity contribution < 1.29 is 14.3 Å². The van der Waals surface area contributed by atoms with Crippen LogP contribution in [0.5, 0.6) is 0 Å². The van der Waals surface area contributed by atoms with Gasteiger partial charge in [-0.15, -0.1) is 0 Å². The van der Waals surface area contributed by atoms with Crippen molar-refractivity contribution in [2.45, 2.75) is 25.0 Å². The van der Waals surface area contributed by atoms with Gasteiger partial charge >= 0.3 is 5.97 Å². The Morgan fingerprint density at radius 1 is 1.37 bits per heavy atom. The third-order valence-electron chi connectivity index (χ3n) is 3.42. The number of methoxy groups -OCH3 is 1. The number of carbonyl (C=O) groups excluding carboxylic acids is 1. The fourth-order valence-electron chi connectivity index (χ4n) is 2.44. The van der Waals surface area contributed by atoms with Crippen molar-refractivity contribution in [3.8, 4) is 0 Å². The Hall–Kier alpha value is -1.39. The molecule has 0 amide bonds. The van der Waals surface area contributed by atoms with Gasteiger partial charge in [-0.1, -0.05) is 30.3 Å². The van der Waals surface area contributed by atoms with E-state index in [4.69, 9.17) is 9.47 Å². The minimum Gasteiger partial charge on any atom is -0.459 e. The van der Waals surface area contributed by atoms with Gasteiger partial charge < -0.3 is 14.4 Å². The zero-order valence-corrected chi connectivity index (χ0v) is 11.5. The summed E-state index contributed by atoms with van der Waals surface area (Å²) in [7, 11) is 3.58. The Morgan fingerprint density at radius 3 is 2.74 bits per heavy atom. The van der Waals surface area contributed by atoms with Gasteiger partial charge in [0, 0.05) is 13.7 Å². The SMILES string of the molecule is COC(C(=O)O[C@@H]1CCCN(C)C1)c1ccccc1. The molecule has 2 rings (SSSR count). The second-order valence-electron chi connectivity index (χ2n) is 4.99. The van der Waals surface area contributed by atoms with E-state index in [0.717, 1.165) is 31.5 Å². The lowest BCUT2D eigenvalue weighted by Gasteiger charge is -2.30. The number of piperidine rings is 1. The maximum atomic E-state index is 12.2. The van der Waals surface area contributed by atoms with Crippen LogP contribution in [0, 0.1) is 0 Å². The summed E-state index contributed by atoms with van der Waals surface area (Å²) in [4.78, 5) is 14.4. The van der Waals surface area contributed by atoms with Gasteiger partial charge in [0.2, 0.25) is 0 Å². The molecule has 4 heteroatoms. The minimum absolute atomic E-state index is 0.0207. The van der Waals surface area contributed by atoms with Gasteiger partial charge in [-0.05, 0) is 32.0 Å². The van der Waals surface area contributed by atoms with Crippen LogP contribution in [0.1, 0.15) is 24.5 Å². The largest absolute Gasteiger partial charge is 0.459 e. The molecule has 4 nitrogen and oxygen atoms in total. The van der Waals surface area contributed by atoms with Crippen molar-refractivity contribution in [2.24, 2.45) is 0 Å². The first-order valence-electron chi connectivity index (χ1n) is 6.67. The number of hydrogen-bond donors (Lipinski definition) is 0. The van der Waals surface area contributed by atoms with Crippen LogP contribution in [0.2, 0.25) is 0 Å². The van der Waals surface area contributed by atoms with Crippen molar-refractivity contribution in [1.29, 1.82) is 0 Å². The first-order chi connectivity index (χ1) is 9.20. The molecule has 104 valence electrons. The smallest absolute Gasteiger partial charge is 0.340 e. The van der Waals surface area contributed by atoms with Crippen LogP contribution in [-0.2, 0) is 14.3 Å². The van der Waals surface area contributed by atoms with Crippen LogP contribution in [0.3, 0.4) is 0 Å². The van der Waals surface area contributed by atoms with Crippen LogP contribution in [0.4, 0.5) is 0 Å². The van der Waals surface area contributed by atoms with Gasteiger partial charge in [0.05, 0.1) is 0 Å². The number of hydrogen-bond acceptors (Lipinski definition) is 4. The molecule has 1 aliphatic rings. The summed E-state index contributed by atoms with van der Waals surface area (Å²) in [6.45, 7) is 1.87. The fraction of sp³-hybridized carbons (Fsp3) is 0.533. The molecule has 2 atom stereocenters. The van der Waals surface area contributed by atoms with E-state index in [1.807, 2.05) is 37.4 Å². The van der Waals surface area contributed by atoms with Gasteiger partial charge in [0.1, 0.15) is 6.10 Å². The number of likely N-dealkylation sites (N-methyl/N-ethyl adjacent to an activating group) is 1. The third kappa shape index (κ3) is 3.78. The molecular formula is C15H21NO3. The van der Waals surface area contributed by atoms with E-state index >= 15 is 0 Å². The van der Waals surface area contributed by atoms with E-state index < -0.39 is 6.10 Å². The predicted octanol–water partition coefficient (Wildman–Crippen LogP) is 2.01. The van der Waals surface area contributed by atoms with Gasteiger partial charge in [-0.25, -0.2) is 4.79 Å². The third-order valence-corrected chi connectivity index (χ3v) is 3.42. The monoisotopic (exact) mass is 263 g/mol. The second-order valence-corrected chi connectivity index (χ2v) is 4.99. The molecule has 0 aromatic heterocycles. The van der Waals surface area contributed by atoms with E-state index in [0.29, 0.717) is 0 Å². The van der Waals surface area contributed by atoms with Crippen LogP contribution < -0.4 is 0 Å². The van der Waals surface area contributed by atoms with E-state index in [2.05, 4.69) is 4.90 Å². The quantitative estimate of drug-likeness (QED) is 0.779. The molecule has 0 spiro atoms. The molecule has 0 saturated carbocycles. The maximum Gasteiger partial charge on any atom is 0.340 e. The molecule has 0 radical (unpaired) electrons. The van der Waals surface area contributed by atoms with Crippen molar-refractivity contribution in [3.05, 3.63) is 35.9 Å². The maximum absolute atomic E-state index is 12.2. The predicted molar refractivity (Wildman–Crippen MR) is 72.8 cm³/mol. The lowest BCUT2D eigenvalue weighted by Crippen LogP contribution is -2.39. The highest BCUT2D eigenvalue weighted by atomic mass is 16.6. The van der Waals surface area contributed by atoms with Crippen molar-refractivity contribution >= 4 is 5.97 Å². The number of esters is 1. The molecule has 0 aliphatic carbocycles. The number of rotatable bonds is 4. The Balaban J connectivity index is 1.97. The highest BCUT2D eigenvalue weighted by molar-refractivity contribution is 5.76.